The molecule has 0 aliphatic carbocycles. The molecule has 1 N–H and O–H groups in total. The summed E-state index contributed by atoms with van der Waals surface area (Å²) in [5.41, 5.74) is 0.990. The summed E-state index contributed by atoms with van der Waals surface area (Å²) in [5, 5.41) is 2.83. The van der Waals surface area contributed by atoms with Gasteiger partial charge in [-0.2, -0.15) is 0 Å². The van der Waals surface area contributed by atoms with Gasteiger partial charge in [0.05, 0.1) is 5.69 Å². The topological polar surface area (TPSA) is 75.7 Å². The minimum atomic E-state index is -0.645. The van der Waals surface area contributed by atoms with Crippen molar-refractivity contribution in [1.29, 1.82) is 0 Å². The minimum Gasteiger partial charge on any atom is -0.478 e. The number of carbonyl (C=O) groups is 3. The number of rotatable bonds is 7. The molecule has 0 spiro atoms. The molecule has 1 atom stereocenters. The van der Waals surface area contributed by atoms with Crippen LogP contribution in [0.25, 0.3) is 0 Å². The van der Waals surface area contributed by atoms with Crippen molar-refractivity contribution in [3.05, 3.63) is 23.8 Å². The van der Waals surface area contributed by atoms with E-state index in [1.54, 1.807) is 25.1 Å². The molecule has 0 aromatic heterocycles. The molecule has 1 aliphatic rings. The number of amides is 2. The summed E-state index contributed by atoms with van der Waals surface area (Å²) in [6, 6.07) is 5.05. The number of fused-ring (bicyclic) bond motifs is 1. The van der Waals surface area contributed by atoms with Crippen LogP contribution in [0.4, 0.5) is 5.69 Å². The molecule has 6 nitrogen and oxygen atoms in total. The highest BCUT2D eigenvalue weighted by Crippen LogP contribution is 2.36. The summed E-state index contributed by atoms with van der Waals surface area (Å²) in [6.45, 7) is 10.1. The maximum absolute atomic E-state index is 12.9. The average Bonchev–Trinajstić information content (AvgIpc) is 2.60. The van der Waals surface area contributed by atoms with E-state index in [0.717, 1.165) is 0 Å². The summed E-state index contributed by atoms with van der Waals surface area (Å²) in [5.74, 6) is 0.309. The summed E-state index contributed by atoms with van der Waals surface area (Å²) in [7, 11) is 0. The second-order valence-electron chi connectivity index (χ2n) is 7.36. The molecule has 0 bridgehead atoms. The van der Waals surface area contributed by atoms with E-state index in [-0.39, 0.29) is 30.1 Å². The fourth-order valence-electron chi connectivity index (χ4n) is 2.77. The predicted octanol–water partition coefficient (Wildman–Crippen LogP) is 2.80. The highest BCUT2D eigenvalue weighted by molar-refractivity contribution is 6.05. The van der Waals surface area contributed by atoms with Gasteiger partial charge in [-0.1, -0.05) is 34.6 Å². The van der Waals surface area contributed by atoms with Gasteiger partial charge < -0.3 is 10.1 Å². The first-order valence-electron chi connectivity index (χ1n) is 9.16. The lowest BCUT2D eigenvalue weighted by atomic mass is 10.0. The van der Waals surface area contributed by atoms with Gasteiger partial charge in [0, 0.05) is 18.5 Å². The van der Waals surface area contributed by atoms with Gasteiger partial charge in [-0.3, -0.25) is 19.3 Å². The zero-order valence-electron chi connectivity index (χ0n) is 16.2. The highest BCUT2D eigenvalue weighted by atomic mass is 16.5. The molecule has 0 fully saturated rings. The third-order valence-electron chi connectivity index (χ3n) is 4.27. The van der Waals surface area contributed by atoms with Crippen molar-refractivity contribution in [2.45, 2.75) is 47.1 Å². The third-order valence-corrected chi connectivity index (χ3v) is 4.27. The molecule has 1 aliphatic heterocycles. The first-order valence-corrected chi connectivity index (χ1v) is 9.16. The van der Waals surface area contributed by atoms with Gasteiger partial charge in [-0.05, 0) is 30.0 Å². The molecule has 26 heavy (non-hydrogen) atoms. The maximum atomic E-state index is 12.9. The smallest absolute Gasteiger partial charge is 0.268 e. The molecule has 0 radical (unpaired) electrons. The Balaban J connectivity index is 2.35. The molecule has 2 amide bonds. The molecule has 142 valence electrons. The van der Waals surface area contributed by atoms with E-state index >= 15 is 0 Å². The van der Waals surface area contributed by atoms with Gasteiger partial charge in [0.2, 0.25) is 5.91 Å². The van der Waals surface area contributed by atoms with Crippen LogP contribution in [0.1, 0.15) is 51.4 Å². The van der Waals surface area contributed by atoms with Crippen LogP contribution >= 0.6 is 0 Å². The number of Topliss-reactive ketones (excluding diaryl/α,β-unsaturated/α-hetero) is 1. The van der Waals surface area contributed by atoms with Crippen molar-refractivity contribution in [2.75, 3.05) is 18.0 Å². The number of ether oxygens (including phenoxy) is 1. The number of hydrogen-bond donors (Lipinski definition) is 1. The summed E-state index contributed by atoms with van der Waals surface area (Å²) >= 11 is 0. The van der Waals surface area contributed by atoms with Gasteiger partial charge in [0.25, 0.3) is 5.91 Å². The monoisotopic (exact) mass is 360 g/mol. The van der Waals surface area contributed by atoms with E-state index < -0.39 is 6.10 Å². The van der Waals surface area contributed by atoms with Crippen LogP contribution in [0.5, 0.6) is 5.75 Å². The Morgan fingerprint density at radius 3 is 2.50 bits per heavy atom. The maximum Gasteiger partial charge on any atom is 0.268 e. The Labute approximate surface area is 154 Å². The highest BCUT2D eigenvalue weighted by Gasteiger charge is 2.37. The lowest BCUT2D eigenvalue weighted by Gasteiger charge is -2.35. The molecule has 1 heterocycles. The zero-order valence-corrected chi connectivity index (χ0v) is 16.2. The SMILES string of the molecule is CCC(=O)c1ccc2c(c1)N(CC(=O)NCC(C)C)C(=O)C(C(C)C)O2. The van der Waals surface area contributed by atoms with E-state index in [2.05, 4.69) is 5.32 Å². The van der Waals surface area contributed by atoms with Crippen molar-refractivity contribution in [3.8, 4) is 5.75 Å². The number of anilines is 1. The molecule has 1 aromatic rings. The fourth-order valence-corrected chi connectivity index (χ4v) is 2.77. The van der Waals surface area contributed by atoms with E-state index in [1.165, 1.54) is 4.90 Å². The van der Waals surface area contributed by atoms with Gasteiger partial charge in [-0.15, -0.1) is 0 Å². The van der Waals surface area contributed by atoms with Gasteiger partial charge in [0.15, 0.2) is 11.9 Å². The van der Waals surface area contributed by atoms with Crippen LogP contribution in [0.2, 0.25) is 0 Å². The predicted molar refractivity (Wildman–Crippen MR) is 101 cm³/mol. The normalized spacial score (nSPS) is 16.5. The number of carbonyl (C=O) groups excluding carboxylic acids is 3. The second-order valence-corrected chi connectivity index (χ2v) is 7.36. The van der Waals surface area contributed by atoms with Gasteiger partial charge in [0.1, 0.15) is 12.3 Å². The van der Waals surface area contributed by atoms with Gasteiger partial charge >= 0.3 is 0 Å². The molecule has 6 heteroatoms. The first kappa shape index (κ1) is 19.9. The summed E-state index contributed by atoms with van der Waals surface area (Å²) < 4.78 is 5.85. The largest absolute Gasteiger partial charge is 0.478 e. The Bertz CT molecular complexity index is 697. The molecule has 1 unspecified atom stereocenters. The molecule has 0 saturated heterocycles. The number of hydrogen-bond acceptors (Lipinski definition) is 4. The summed E-state index contributed by atoms with van der Waals surface area (Å²) in [4.78, 5) is 38.7. The molecule has 1 aromatic carbocycles. The van der Waals surface area contributed by atoms with E-state index in [1.807, 2.05) is 27.7 Å². The quantitative estimate of drug-likeness (QED) is 0.759. The Morgan fingerprint density at radius 2 is 1.92 bits per heavy atom. The lowest BCUT2D eigenvalue weighted by molar-refractivity contribution is -0.130. The second kappa shape index (κ2) is 8.34. The van der Waals surface area contributed by atoms with E-state index in [4.69, 9.17) is 4.74 Å². The van der Waals surface area contributed by atoms with Crippen molar-refractivity contribution in [3.63, 3.8) is 0 Å². The molecular weight excluding hydrogens is 332 g/mol. The fraction of sp³-hybridized carbons (Fsp3) is 0.550. The number of ketones is 1. The Morgan fingerprint density at radius 1 is 1.23 bits per heavy atom. The number of nitrogens with zero attached hydrogens (tertiary/aromatic N) is 1. The summed E-state index contributed by atoms with van der Waals surface area (Å²) in [6.07, 6.45) is -0.273. The van der Waals surface area contributed by atoms with Crippen LogP contribution in [0.15, 0.2) is 18.2 Å². The number of benzene rings is 1. The van der Waals surface area contributed by atoms with Crippen LogP contribution in [-0.4, -0.2) is 36.8 Å². The van der Waals surface area contributed by atoms with Crippen molar-refractivity contribution in [2.24, 2.45) is 11.8 Å². The molecular formula is C20H28N2O4. The third kappa shape index (κ3) is 4.42. The minimum absolute atomic E-state index is 0.0181. The lowest BCUT2D eigenvalue weighted by Crippen LogP contribution is -2.51. The zero-order chi connectivity index (χ0) is 19.4. The van der Waals surface area contributed by atoms with Crippen LogP contribution in [0.3, 0.4) is 0 Å². The van der Waals surface area contributed by atoms with Gasteiger partial charge in [-0.25, -0.2) is 0 Å². The molecule has 2 rings (SSSR count). The van der Waals surface area contributed by atoms with E-state index in [9.17, 15) is 14.4 Å². The van der Waals surface area contributed by atoms with Crippen LogP contribution in [0, 0.1) is 11.8 Å². The van der Waals surface area contributed by atoms with Crippen LogP contribution in [-0.2, 0) is 9.59 Å². The molecule has 0 saturated carbocycles. The van der Waals surface area contributed by atoms with Crippen molar-refractivity contribution in [1.82, 2.24) is 5.32 Å². The first-order chi connectivity index (χ1) is 12.2. The average molecular weight is 360 g/mol. The standard InChI is InChI=1S/C20H28N2O4/c1-6-16(23)14-7-8-17-15(9-14)22(11-18(24)21-10-12(2)3)20(25)19(26-17)13(4)5/h7-9,12-13,19H,6,10-11H2,1-5H3,(H,21,24). The van der Waals surface area contributed by atoms with Crippen LogP contribution < -0.4 is 15.0 Å². The van der Waals surface area contributed by atoms with Crippen molar-refractivity contribution >= 4 is 23.3 Å². The Kier molecular flexibility index (Phi) is 6.40. The number of nitrogens with one attached hydrogen (secondary N) is 1. The Hall–Kier alpha value is -2.37. The van der Waals surface area contributed by atoms with Crippen molar-refractivity contribution < 1.29 is 19.1 Å². The van der Waals surface area contributed by atoms with E-state index in [0.29, 0.717) is 35.9 Å².